The number of halogens is 4. The van der Waals surface area contributed by atoms with Crippen LogP contribution >= 0.6 is 0 Å². The number of hydrogen-bond acceptors (Lipinski definition) is 8. The lowest BCUT2D eigenvalue weighted by Crippen LogP contribution is -2.42. The van der Waals surface area contributed by atoms with Gasteiger partial charge in [-0.05, 0) is 85.3 Å². The highest BCUT2D eigenvalue weighted by Crippen LogP contribution is 2.44. The summed E-state index contributed by atoms with van der Waals surface area (Å²) in [6.45, 7) is 5.39. The third kappa shape index (κ3) is 5.74. The number of phenols is 1. The van der Waals surface area contributed by atoms with Gasteiger partial charge in [-0.25, -0.2) is 17.6 Å². The van der Waals surface area contributed by atoms with Gasteiger partial charge in [0.2, 0.25) is 0 Å². The molecule has 3 aromatic carbocycles. The summed E-state index contributed by atoms with van der Waals surface area (Å²) in [6.07, 6.45) is 2.16. The first kappa shape index (κ1) is 31.8. The summed E-state index contributed by atoms with van der Waals surface area (Å²) in [5.74, 6) is -2.58. The monoisotopic (exact) mass is 654 g/mol. The Kier molecular flexibility index (Phi) is 8.16. The van der Waals surface area contributed by atoms with Crippen molar-refractivity contribution in [3.63, 3.8) is 0 Å². The molecule has 0 spiro atoms. The summed E-state index contributed by atoms with van der Waals surface area (Å²) in [7, 11) is 0. The quantitative estimate of drug-likeness (QED) is 0.232. The van der Waals surface area contributed by atoms with E-state index in [-0.39, 0.29) is 89.9 Å². The molecule has 8 nitrogen and oxygen atoms in total. The molecule has 0 amide bonds. The molecular weight excluding hydrogens is 616 g/mol. The first-order chi connectivity index (χ1) is 22.5. The minimum atomic E-state index is -1.27. The van der Waals surface area contributed by atoms with Gasteiger partial charge < -0.3 is 24.6 Å². The van der Waals surface area contributed by atoms with Crippen LogP contribution in [-0.2, 0) is 11.2 Å². The number of alkyl halides is 1. The van der Waals surface area contributed by atoms with Crippen molar-refractivity contribution in [3.8, 4) is 22.9 Å². The number of aromatic nitrogens is 2. The normalized spacial score (nSPS) is 25.1. The summed E-state index contributed by atoms with van der Waals surface area (Å²) < 4.78 is 74.1. The molecule has 4 aromatic rings. The summed E-state index contributed by atoms with van der Waals surface area (Å²) in [5.41, 5.74) is -2.03. The van der Waals surface area contributed by atoms with Crippen LogP contribution in [0.15, 0.2) is 30.3 Å². The van der Waals surface area contributed by atoms with Gasteiger partial charge in [-0.15, -0.1) is 0 Å². The summed E-state index contributed by atoms with van der Waals surface area (Å²) >= 11 is 0. The Balaban J connectivity index is 1.37. The number of aliphatic hydroxyl groups is 1. The average molecular weight is 655 g/mol. The van der Waals surface area contributed by atoms with E-state index in [1.54, 1.807) is 18.7 Å². The number of nitrogens with zero attached hydrogens (tertiary/aromatic N) is 4. The third-order valence-electron chi connectivity index (χ3n) is 9.93. The highest BCUT2D eigenvalue weighted by atomic mass is 19.1. The molecule has 1 aromatic heterocycles. The maximum Gasteiger partial charge on any atom is 0.319 e. The van der Waals surface area contributed by atoms with E-state index in [1.807, 2.05) is 0 Å². The van der Waals surface area contributed by atoms with Crippen LogP contribution in [0.4, 0.5) is 23.4 Å². The molecule has 3 atom stereocenters. The Morgan fingerprint density at radius 1 is 1.11 bits per heavy atom. The van der Waals surface area contributed by atoms with E-state index in [0.717, 1.165) is 25.5 Å². The predicted molar refractivity (Wildman–Crippen MR) is 170 cm³/mol. The smallest absolute Gasteiger partial charge is 0.319 e. The number of hydrogen-bond donors (Lipinski definition) is 2. The van der Waals surface area contributed by atoms with Crippen molar-refractivity contribution in [2.24, 2.45) is 0 Å². The Labute approximate surface area is 269 Å². The number of aryl methyl sites for hydroxylation is 1. The molecule has 12 heteroatoms. The van der Waals surface area contributed by atoms with E-state index in [4.69, 9.17) is 9.47 Å². The first-order valence-electron chi connectivity index (χ1n) is 16.2. The zero-order valence-corrected chi connectivity index (χ0v) is 26.5. The van der Waals surface area contributed by atoms with E-state index in [2.05, 4.69) is 14.9 Å². The van der Waals surface area contributed by atoms with E-state index < -0.39 is 34.8 Å². The van der Waals surface area contributed by atoms with Gasteiger partial charge in [0.1, 0.15) is 40.5 Å². The fourth-order valence-electron chi connectivity index (χ4n) is 7.88. The van der Waals surface area contributed by atoms with Crippen molar-refractivity contribution in [2.75, 3.05) is 50.9 Å². The van der Waals surface area contributed by atoms with Crippen LogP contribution in [0.3, 0.4) is 0 Å². The van der Waals surface area contributed by atoms with Gasteiger partial charge in [-0.1, -0.05) is 13.0 Å². The minimum absolute atomic E-state index is 0.00980. The van der Waals surface area contributed by atoms with Crippen LogP contribution < -0.4 is 9.64 Å². The molecule has 3 aliphatic rings. The minimum Gasteiger partial charge on any atom is -0.508 e. The number of ether oxygens (including phenoxy) is 2. The maximum atomic E-state index is 16.9. The van der Waals surface area contributed by atoms with E-state index >= 15 is 8.78 Å². The largest absolute Gasteiger partial charge is 0.508 e. The molecule has 3 saturated heterocycles. The highest BCUT2D eigenvalue weighted by Gasteiger charge is 2.48. The lowest BCUT2D eigenvalue weighted by Gasteiger charge is -2.31. The first-order valence-corrected chi connectivity index (χ1v) is 16.2. The Hall–Kier alpha value is -3.74. The number of phenolic OH excluding ortho intramolecular Hbond substituents is 1. The second-order valence-electron chi connectivity index (χ2n) is 13.4. The number of rotatable bonds is 7. The van der Waals surface area contributed by atoms with Crippen molar-refractivity contribution in [3.05, 3.63) is 53.3 Å². The van der Waals surface area contributed by atoms with Gasteiger partial charge in [0.05, 0.1) is 31.9 Å². The molecule has 0 bridgehead atoms. The van der Waals surface area contributed by atoms with Crippen LogP contribution in [0.2, 0.25) is 0 Å². The molecule has 47 heavy (non-hydrogen) atoms. The van der Waals surface area contributed by atoms with Gasteiger partial charge in [-0.2, -0.15) is 9.97 Å². The molecular formula is C35H38F4N4O4. The van der Waals surface area contributed by atoms with Gasteiger partial charge in [-0.3, -0.25) is 4.90 Å². The topological polar surface area (TPSA) is 91.2 Å². The number of benzene rings is 3. The predicted octanol–water partition coefficient (Wildman–Crippen LogP) is 6.07. The van der Waals surface area contributed by atoms with Crippen molar-refractivity contribution in [1.82, 2.24) is 14.9 Å². The highest BCUT2D eigenvalue weighted by molar-refractivity contribution is 6.03. The molecule has 3 fully saturated rings. The number of anilines is 1. The maximum absolute atomic E-state index is 16.9. The van der Waals surface area contributed by atoms with E-state index in [9.17, 15) is 19.0 Å². The molecule has 0 aliphatic carbocycles. The molecule has 0 unspecified atom stereocenters. The van der Waals surface area contributed by atoms with Crippen LogP contribution in [0.1, 0.15) is 45.1 Å². The van der Waals surface area contributed by atoms with Crippen molar-refractivity contribution >= 4 is 27.5 Å². The third-order valence-corrected chi connectivity index (χ3v) is 9.93. The van der Waals surface area contributed by atoms with Gasteiger partial charge in [0, 0.05) is 30.4 Å². The van der Waals surface area contributed by atoms with Gasteiger partial charge >= 0.3 is 6.01 Å². The fraction of sp³-hybridized carbons (Fsp3) is 0.486. The molecule has 0 saturated carbocycles. The van der Waals surface area contributed by atoms with E-state index in [0.29, 0.717) is 24.8 Å². The lowest BCUT2D eigenvalue weighted by molar-refractivity contribution is -0.0123. The van der Waals surface area contributed by atoms with Crippen LogP contribution in [0.25, 0.3) is 32.8 Å². The van der Waals surface area contributed by atoms with Gasteiger partial charge in [0.15, 0.2) is 5.82 Å². The van der Waals surface area contributed by atoms with Crippen LogP contribution in [-0.4, -0.2) is 88.4 Å². The molecule has 3 aliphatic heterocycles. The molecule has 4 heterocycles. The van der Waals surface area contributed by atoms with Crippen molar-refractivity contribution in [2.45, 2.75) is 63.3 Å². The average Bonchev–Trinajstić information content (AvgIpc) is 3.47. The van der Waals surface area contributed by atoms with Crippen molar-refractivity contribution in [1.29, 1.82) is 0 Å². The van der Waals surface area contributed by atoms with Crippen molar-refractivity contribution < 1.29 is 37.2 Å². The fourth-order valence-corrected chi connectivity index (χ4v) is 7.88. The zero-order valence-electron chi connectivity index (χ0n) is 26.5. The summed E-state index contributed by atoms with van der Waals surface area (Å²) in [6, 6.07) is 6.36. The summed E-state index contributed by atoms with van der Waals surface area (Å²) in [4.78, 5) is 12.9. The zero-order chi connectivity index (χ0) is 33.1. The number of fused-ring (bicyclic) bond motifs is 3. The second kappa shape index (κ2) is 12.1. The number of β-amino-alcohol motifs (C(OH)–C–C–N with tert-alkyl or cyclic N) is 1. The SMILES string of the molecule is CCc1c(F)ccc2cc(O)cc(-c3c(F)cc4c(N5CCOC[C@@](C)(O)C5)nc(OCC[C@@]56CCCN5C[C@H](F)C6)nc4c3F)c12. The molecule has 7 rings (SSSR count). The Morgan fingerprint density at radius 3 is 2.74 bits per heavy atom. The van der Waals surface area contributed by atoms with Gasteiger partial charge in [0.25, 0.3) is 0 Å². The second-order valence-corrected chi connectivity index (χ2v) is 13.4. The Morgan fingerprint density at radius 2 is 1.94 bits per heavy atom. The number of aromatic hydroxyl groups is 1. The lowest BCUT2D eigenvalue weighted by atomic mass is 9.90. The molecule has 250 valence electrons. The molecule has 0 radical (unpaired) electrons. The van der Waals surface area contributed by atoms with E-state index in [1.165, 1.54) is 24.3 Å². The molecule has 2 N–H and O–H groups in total. The summed E-state index contributed by atoms with van der Waals surface area (Å²) in [5, 5.41) is 22.2. The standard InChI is InChI=1S/C35H38F4N4O4/c1-3-23-26(37)6-5-20-13-22(44)14-24(28(20)23)29-27(38)15-25-31(30(29)39)40-33(41-32(25)42-10-12-46-19-34(2,45)18-42)47-11-8-35-7-4-9-43(35)17-21(36)16-35/h5-6,13-15,21,44-45H,3-4,7-12,16-19H2,1-2H3/t21-,34+,35-/m1/s1. The van der Waals surface area contributed by atoms with Crippen LogP contribution in [0, 0.1) is 17.5 Å². The van der Waals surface area contributed by atoms with Crippen LogP contribution in [0.5, 0.6) is 11.8 Å². The Bertz CT molecular complexity index is 1860.